The molecule has 28 heavy (non-hydrogen) atoms. The van der Waals surface area contributed by atoms with Gasteiger partial charge in [0.25, 0.3) is 0 Å². The topological polar surface area (TPSA) is 99.5 Å². The summed E-state index contributed by atoms with van der Waals surface area (Å²) in [4.78, 5) is 9.04. The monoisotopic (exact) mass is 374 g/mol. The van der Waals surface area contributed by atoms with E-state index in [1.807, 2.05) is 19.3 Å². The smallest absolute Gasteiger partial charge is 0.227 e. The minimum Gasteiger partial charge on any atom is -0.383 e. The Morgan fingerprint density at radius 3 is 2.86 bits per heavy atom. The summed E-state index contributed by atoms with van der Waals surface area (Å²) in [6, 6.07) is 10.5. The summed E-state index contributed by atoms with van der Waals surface area (Å²) in [6.45, 7) is 0.785. The van der Waals surface area contributed by atoms with Crippen LogP contribution in [-0.2, 0) is 20.0 Å². The van der Waals surface area contributed by atoms with Gasteiger partial charge in [-0.2, -0.15) is 20.2 Å². The quantitative estimate of drug-likeness (QED) is 0.570. The van der Waals surface area contributed by atoms with Gasteiger partial charge in [0.1, 0.15) is 5.82 Å². The number of nitrogens with two attached hydrogens (primary N) is 1. The van der Waals surface area contributed by atoms with Crippen molar-refractivity contribution in [1.29, 1.82) is 0 Å². The lowest BCUT2D eigenvalue weighted by atomic mass is 9.93. The average molecular weight is 374 g/mol. The summed E-state index contributed by atoms with van der Waals surface area (Å²) >= 11 is 0. The van der Waals surface area contributed by atoms with Crippen LogP contribution in [0.1, 0.15) is 35.7 Å². The first-order chi connectivity index (χ1) is 13.7. The molecule has 1 aromatic carbocycles. The number of nitrogens with zero attached hydrogens (tertiary/aromatic N) is 6. The van der Waals surface area contributed by atoms with Crippen LogP contribution in [0.15, 0.2) is 42.7 Å². The molecule has 4 aromatic rings. The van der Waals surface area contributed by atoms with Crippen molar-refractivity contribution < 1.29 is 0 Å². The normalized spacial score (nSPS) is 16.2. The molecule has 0 saturated heterocycles. The Balaban J connectivity index is 1.43. The molecule has 142 valence electrons. The summed E-state index contributed by atoms with van der Waals surface area (Å²) in [5.41, 5.74) is 10.6. The maximum absolute atomic E-state index is 6.10. The van der Waals surface area contributed by atoms with Crippen LogP contribution in [-0.4, -0.2) is 29.5 Å². The standard InChI is InChI=1S/C20H22N8/c1-27-19-15(11-22-27)18(21)25-20(26-19)24-16-8-5-9-17-14(16)10-23-28(17)12-13-6-3-2-4-7-13/h2-4,6-7,10-11,16H,5,8-9,12H2,1H3,(H3,21,24,25,26). The van der Waals surface area contributed by atoms with E-state index in [0.29, 0.717) is 11.8 Å². The second kappa shape index (κ2) is 6.63. The van der Waals surface area contributed by atoms with Crippen molar-refractivity contribution in [3.8, 4) is 0 Å². The van der Waals surface area contributed by atoms with Crippen molar-refractivity contribution in [2.24, 2.45) is 7.05 Å². The molecule has 8 nitrogen and oxygen atoms in total. The van der Waals surface area contributed by atoms with Crippen molar-refractivity contribution in [3.63, 3.8) is 0 Å². The second-order valence-corrected chi connectivity index (χ2v) is 7.22. The van der Waals surface area contributed by atoms with Gasteiger partial charge in [-0.1, -0.05) is 30.3 Å². The molecule has 0 radical (unpaired) electrons. The highest BCUT2D eigenvalue weighted by atomic mass is 15.3. The lowest BCUT2D eigenvalue weighted by Gasteiger charge is -2.24. The number of nitrogens with one attached hydrogen (secondary N) is 1. The highest BCUT2D eigenvalue weighted by Gasteiger charge is 2.25. The third kappa shape index (κ3) is 2.87. The highest BCUT2D eigenvalue weighted by molar-refractivity contribution is 5.86. The summed E-state index contributed by atoms with van der Waals surface area (Å²) in [6.07, 6.45) is 6.80. The number of anilines is 2. The number of rotatable bonds is 4. The molecule has 1 unspecified atom stereocenters. The molecule has 1 aliphatic rings. The first-order valence-corrected chi connectivity index (χ1v) is 9.49. The summed E-state index contributed by atoms with van der Waals surface area (Å²) in [5, 5.41) is 13.1. The van der Waals surface area contributed by atoms with E-state index < -0.39 is 0 Å². The van der Waals surface area contributed by atoms with E-state index in [2.05, 4.69) is 54.4 Å². The van der Waals surface area contributed by atoms with Crippen LogP contribution in [0.5, 0.6) is 0 Å². The number of aromatic nitrogens is 6. The molecule has 0 saturated carbocycles. The number of fused-ring (bicyclic) bond motifs is 2. The van der Waals surface area contributed by atoms with Gasteiger partial charge in [0, 0.05) is 18.3 Å². The number of benzene rings is 1. The van der Waals surface area contributed by atoms with Gasteiger partial charge in [0.05, 0.1) is 30.4 Å². The molecule has 5 rings (SSSR count). The van der Waals surface area contributed by atoms with Crippen LogP contribution in [0.3, 0.4) is 0 Å². The van der Waals surface area contributed by atoms with Crippen LogP contribution in [0.25, 0.3) is 11.0 Å². The van der Waals surface area contributed by atoms with E-state index in [4.69, 9.17) is 5.73 Å². The first-order valence-electron chi connectivity index (χ1n) is 9.49. The highest BCUT2D eigenvalue weighted by Crippen LogP contribution is 2.32. The molecule has 0 aliphatic heterocycles. The predicted molar refractivity (Wildman–Crippen MR) is 108 cm³/mol. The van der Waals surface area contributed by atoms with Crippen LogP contribution >= 0.6 is 0 Å². The van der Waals surface area contributed by atoms with Gasteiger partial charge in [-0.3, -0.25) is 9.36 Å². The van der Waals surface area contributed by atoms with Crippen LogP contribution in [0.4, 0.5) is 11.8 Å². The first kappa shape index (κ1) is 16.7. The molecule has 0 spiro atoms. The zero-order valence-corrected chi connectivity index (χ0v) is 15.7. The van der Waals surface area contributed by atoms with E-state index in [9.17, 15) is 0 Å². The molecule has 0 amide bonds. The van der Waals surface area contributed by atoms with Crippen LogP contribution in [0.2, 0.25) is 0 Å². The predicted octanol–water partition coefficient (Wildman–Crippen LogP) is 2.68. The molecule has 1 atom stereocenters. The molecular weight excluding hydrogens is 352 g/mol. The summed E-state index contributed by atoms with van der Waals surface area (Å²) in [5.74, 6) is 0.971. The van der Waals surface area contributed by atoms with E-state index in [-0.39, 0.29) is 6.04 Å². The Morgan fingerprint density at radius 2 is 2.00 bits per heavy atom. The third-order valence-electron chi connectivity index (χ3n) is 5.36. The molecule has 0 fully saturated rings. The average Bonchev–Trinajstić information content (AvgIpc) is 3.28. The van der Waals surface area contributed by atoms with Crippen molar-refractivity contribution in [1.82, 2.24) is 29.5 Å². The largest absolute Gasteiger partial charge is 0.383 e. The Labute approximate surface area is 162 Å². The van der Waals surface area contributed by atoms with Gasteiger partial charge in [-0.25, -0.2) is 0 Å². The zero-order chi connectivity index (χ0) is 19.1. The summed E-state index contributed by atoms with van der Waals surface area (Å²) in [7, 11) is 1.85. The van der Waals surface area contributed by atoms with Crippen LogP contribution in [0, 0.1) is 0 Å². The maximum Gasteiger partial charge on any atom is 0.227 e. The van der Waals surface area contributed by atoms with Gasteiger partial charge in [-0.05, 0) is 24.8 Å². The molecule has 3 heterocycles. The molecular formula is C20H22N8. The number of aryl methyl sites for hydroxylation is 1. The Bertz CT molecular complexity index is 1130. The van der Waals surface area contributed by atoms with Crippen molar-refractivity contribution in [2.45, 2.75) is 31.8 Å². The lowest BCUT2D eigenvalue weighted by molar-refractivity contribution is 0.554. The van der Waals surface area contributed by atoms with Gasteiger partial charge in [-0.15, -0.1) is 0 Å². The van der Waals surface area contributed by atoms with Gasteiger partial charge >= 0.3 is 0 Å². The Morgan fingerprint density at radius 1 is 1.14 bits per heavy atom. The lowest BCUT2D eigenvalue weighted by Crippen LogP contribution is -2.20. The minimum absolute atomic E-state index is 0.123. The Hall–Kier alpha value is -3.42. The fourth-order valence-corrected chi connectivity index (χ4v) is 3.93. The molecule has 3 aromatic heterocycles. The van der Waals surface area contributed by atoms with Crippen molar-refractivity contribution in [3.05, 3.63) is 59.5 Å². The molecule has 8 heteroatoms. The van der Waals surface area contributed by atoms with Gasteiger partial charge < -0.3 is 11.1 Å². The zero-order valence-electron chi connectivity index (χ0n) is 15.7. The van der Waals surface area contributed by atoms with Gasteiger partial charge in [0.2, 0.25) is 5.95 Å². The van der Waals surface area contributed by atoms with Crippen molar-refractivity contribution >= 4 is 22.8 Å². The Kier molecular flexibility index (Phi) is 3.96. The fraction of sp³-hybridized carbons (Fsp3) is 0.300. The molecule has 3 N–H and O–H groups in total. The SMILES string of the molecule is Cn1ncc2c(N)nc(NC3CCCc4c3cnn4Cc3ccccc3)nc21. The van der Waals surface area contributed by atoms with E-state index in [1.54, 1.807) is 10.9 Å². The van der Waals surface area contributed by atoms with E-state index >= 15 is 0 Å². The number of hydrogen-bond donors (Lipinski definition) is 2. The number of nitrogen functional groups attached to an aromatic ring is 1. The molecule has 0 bridgehead atoms. The fourth-order valence-electron chi connectivity index (χ4n) is 3.93. The minimum atomic E-state index is 0.123. The third-order valence-corrected chi connectivity index (χ3v) is 5.36. The van der Waals surface area contributed by atoms with Gasteiger partial charge in [0.15, 0.2) is 5.65 Å². The second-order valence-electron chi connectivity index (χ2n) is 7.22. The van der Waals surface area contributed by atoms with Crippen molar-refractivity contribution in [2.75, 3.05) is 11.1 Å². The summed E-state index contributed by atoms with van der Waals surface area (Å²) < 4.78 is 3.82. The molecule has 1 aliphatic carbocycles. The number of hydrogen-bond acceptors (Lipinski definition) is 6. The maximum atomic E-state index is 6.10. The van der Waals surface area contributed by atoms with E-state index in [0.717, 1.165) is 36.8 Å². The van der Waals surface area contributed by atoms with E-state index in [1.165, 1.54) is 16.8 Å². The van der Waals surface area contributed by atoms with Crippen LogP contribution < -0.4 is 11.1 Å².